The Labute approximate surface area is 361 Å². The summed E-state index contributed by atoms with van der Waals surface area (Å²) in [5.41, 5.74) is 15.6. The number of hydrogen-bond acceptors (Lipinski definition) is 2. The minimum absolute atomic E-state index is 1.07. The zero-order valence-electron chi connectivity index (χ0n) is 34.1. The maximum Gasteiger partial charge on any atom is 0.0542 e. The number of hydrogen-bond donors (Lipinski definition) is 0. The lowest BCUT2D eigenvalue weighted by Gasteiger charge is -2.28. The highest BCUT2D eigenvalue weighted by atomic mass is 15.2. The summed E-state index contributed by atoms with van der Waals surface area (Å²) in [4.78, 5) is 4.70. The molecule has 0 saturated carbocycles. The molecule has 9 aromatic carbocycles. The van der Waals surface area contributed by atoms with Crippen LogP contribution in [0.4, 0.5) is 34.1 Å². The van der Waals surface area contributed by atoms with Gasteiger partial charge in [-0.15, -0.1) is 0 Å². The van der Waals surface area contributed by atoms with Gasteiger partial charge in [0, 0.05) is 67.0 Å². The first-order valence-corrected chi connectivity index (χ1v) is 21.0. The highest BCUT2D eigenvalue weighted by Crippen LogP contribution is 2.43. The van der Waals surface area contributed by atoms with E-state index in [4.69, 9.17) is 0 Å². The van der Waals surface area contributed by atoms with E-state index in [1.54, 1.807) is 0 Å². The zero-order chi connectivity index (χ0) is 41.6. The van der Waals surface area contributed by atoms with Crippen molar-refractivity contribution in [2.75, 3.05) is 9.80 Å². The molecule has 4 nitrogen and oxygen atoms in total. The summed E-state index contributed by atoms with van der Waals surface area (Å²) < 4.78 is 4.72. The zero-order valence-corrected chi connectivity index (χ0v) is 34.1. The molecule has 0 aliphatic rings. The lowest BCUT2D eigenvalue weighted by molar-refractivity contribution is 1.18. The molecule has 62 heavy (non-hydrogen) atoms. The maximum atomic E-state index is 3.96. The average Bonchev–Trinajstić information content (AvgIpc) is 3.85. The van der Waals surface area contributed by atoms with E-state index < -0.39 is 0 Å². The summed E-state index contributed by atoms with van der Waals surface area (Å²) in [6, 6.07) is 78.5. The summed E-state index contributed by atoms with van der Waals surface area (Å²) in [6.07, 6.45) is 3.77. The van der Waals surface area contributed by atoms with Gasteiger partial charge >= 0.3 is 0 Å². The van der Waals surface area contributed by atoms with Crippen LogP contribution in [0, 0.1) is 0 Å². The molecule has 0 amide bonds. The number of para-hydroxylation sites is 4. The average molecular weight is 795 g/mol. The first-order chi connectivity index (χ1) is 30.7. The van der Waals surface area contributed by atoms with E-state index in [1.807, 2.05) is 12.2 Å². The van der Waals surface area contributed by atoms with Crippen molar-refractivity contribution < 1.29 is 0 Å². The Hall–Kier alpha value is -8.34. The second-order valence-corrected chi connectivity index (χ2v) is 15.6. The topological polar surface area (TPSA) is 16.3 Å². The van der Waals surface area contributed by atoms with Gasteiger partial charge < -0.3 is 18.9 Å². The van der Waals surface area contributed by atoms with Gasteiger partial charge in [-0.2, -0.15) is 0 Å². The fourth-order valence-electron chi connectivity index (χ4n) is 9.07. The summed E-state index contributed by atoms with van der Waals surface area (Å²) >= 11 is 0. The van der Waals surface area contributed by atoms with Crippen molar-refractivity contribution in [1.82, 2.24) is 9.13 Å². The van der Waals surface area contributed by atoms with Crippen molar-refractivity contribution in [2.24, 2.45) is 0 Å². The van der Waals surface area contributed by atoms with Crippen molar-refractivity contribution in [3.63, 3.8) is 0 Å². The number of anilines is 6. The molecular formula is C58H42N4. The van der Waals surface area contributed by atoms with Gasteiger partial charge in [-0.25, -0.2) is 0 Å². The third-order valence-corrected chi connectivity index (χ3v) is 12.0. The predicted molar refractivity (Wildman–Crippen MR) is 265 cm³/mol. The molecule has 0 atom stereocenters. The summed E-state index contributed by atoms with van der Waals surface area (Å²) in [6.45, 7) is 7.91. The molecule has 0 saturated heterocycles. The Balaban J connectivity index is 1.03. The molecule has 2 heterocycles. The van der Waals surface area contributed by atoms with Crippen molar-refractivity contribution in [3.05, 3.63) is 243 Å². The van der Waals surface area contributed by atoms with Crippen LogP contribution < -0.4 is 9.80 Å². The fraction of sp³-hybridized carbons (Fsp3) is 0. The summed E-state index contributed by atoms with van der Waals surface area (Å²) in [5, 5.41) is 4.82. The molecule has 0 spiro atoms. The highest BCUT2D eigenvalue weighted by Gasteiger charge is 2.20. The smallest absolute Gasteiger partial charge is 0.0542 e. The molecule has 11 rings (SSSR count). The molecule has 0 unspecified atom stereocenters. The number of rotatable bonds is 10. The predicted octanol–water partition coefficient (Wildman–Crippen LogP) is 16.1. The monoisotopic (exact) mass is 794 g/mol. The molecule has 2 aromatic heterocycles. The van der Waals surface area contributed by atoms with E-state index in [0.29, 0.717) is 0 Å². The molecule has 0 N–H and O–H groups in total. The minimum Gasteiger partial charge on any atom is -0.310 e. The Morgan fingerprint density at radius 1 is 0.290 bits per heavy atom. The largest absolute Gasteiger partial charge is 0.310 e. The van der Waals surface area contributed by atoms with E-state index in [2.05, 4.69) is 250 Å². The quantitative estimate of drug-likeness (QED) is 0.137. The van der Waals surface area contributed by atoms with E-state index >= 15 is 0 Å². The van der Waals surface area contributed by atoms with Gasteiger partial charge in [0.05, 0.1) is 22.1 Å². The Bertz CT molecular complexity index is 3180. The van der Waals surface area contributed by atoms with E-state index in [-0.39, 0.29) is 0 Å². The van der Waals surface area contributed by atoms with Crippen LogP contribution in [-0.4, -0.2) is 9.13 Å². The first kappa shape index (κ1) is 36.7. The van der Waals surface area contributed by atoms with Crippen LogP contribution in [0.2, 0.25) is 0 Å². The van der Waals surface area contributed by atoms with Gasteiger partial charge in [0.1, 0.15) is 0 Å². The van der Waals surface area contributed by atoms with E-state index in [1.165, 1.54) is 32.6 Å². The molecule has 4 heteroatoms. The van der Waals surface area contributed by atoms with Crippen LogP contribution in [-0.2, 0) is 0 Å². The second kappa shape index (κ2) is 15.4. The standard InChI is InChI=1S/C58H42N4/c1-3-41-23-27-47(28-24-41)61-55-21-13-11-19-51(55)53-39-49(35-37-57(53)61)59(43-15-7-5-8-16-43)45-31-33-46(34-32-45)60(44-17-9-6-10-18-44)50-36-38-58-54(40-50)52-20-12-14-22-56(52)62(58)48-29-25-42(4-2)26-30-48/h3-40H,1-2H2. The Morgan fingerprint density at radius 3 is 1.00 bits per heavy atom. The molecule has 0 fully saturated rings. The van der Waals surface area contributed by atoms with Crippen molar-refractivity contribution >= 4 is 89.9 Å². The van der Waals surface area contributed by atoms with Crippen LogP contribution >= 0.6 is 0 Å². The summed E-state index contributed by atoms with van der Waals surface area (Å²) in [7, 11) is 0. The van der Waals surface area contributed by atoms with Gasteiger partial charge in [0.2, 0.25) is 0 Å². The normalized spacial score (nSPS) is 11.4. The first-order valence-electron chi connectivity index (χ1n) is 21.0. The number of benzene rings is 9. The number of aromatic nitrogens is 2. The van der Waals surface area contributed by atoms with Crippen molar-refractivity contribution in [3.8, 4) is 11.4 Å². The third kappa shape index (κ3) is 6.25. The highest BCUT2D eigenvalue weighted by molar-refractivity contribution is 6.12. The third-order valence-electron chi connectivity index (χ3n) is 12.0. The molecule has 0 radical (unpaired) electrons. The lowest BCUT2D eigenvalue weighted by Crippen LogP contribution is -2.12. The van der Waals surface area contributed by atoms with Crippen LogP contribution in [0.5, 0.6) is 0 Å². The molecular weight excluding hydrogens is 753 g/mol. The van der Waals surface area contributed by atoms with Crippen molar-refractivity contribution in [2.45, 2.75) is 0 Å². The molecule has 294 valence electrons. The fourth-order valence-corrected chi connectivity index (χ4v) is 9.07. The van der Waals surface area contributed by atoms with Crippen LogP contribution in [0.25, 0.3) is 67.1 Å². The van der Waals surface area contributed by atoms with Gasteiger partial charge in [-0.1, -0.05) is 122 Å². The second-order valence-electron chi connectivity index (χ2n) is 15.6. The van der Waals surface area contributed by atoms with E-state index in [9.17, 15) is 0 Å². The Kier molecular flexibility index (Phi) is 9.10. The van der Waals surface area contributed by atoms with Gasteiger partial charge in [0.15, 0.2) is 0 Å². The van der Waals surface area contributed by atoms with E-state index in [0.717, 1.165) is 67.7 Å². The molecule has 0 aliphatic heterocycles. The Morgan fingerprint density at radius 2 is 0.613 bits per heavy atom. The summed E-state index contributed by atoms with van der Waals surface area (Å²) in [5.74, 6) is 0. The van der Waals surface area contributed by atoms with Crippen LogP contribution in [0.3, 0.4) is 0 Å². The van der Waals surface area contributed by atoms with Gasteiger partial charge in [-0.3, -0.25) is 0 Å². The molecule has 0 aliphatic carbocycles. The lowest BCUT2D eigenvalue weighted by atomic mass is 10.1. The number of nitrogens with zero attached hydrogens (tertiary/aromatic N) is 4. The maximum absolute atomic E-state index is 3.96. The van der Waals surface area contributed by atoms with Crippen LogP contribution in [0.15, 0.2) is 232 Å². The minimum atomic E-state index is 1.07. The number of fused-ring (bicyclic) bond motifs is 6. The van der Waals surface area contributed by atoms with Crippen molar-refractivity contribution in [1.29, 1.82) is 0 Å². The molecule has 0 bridgehead atoms. The SMILES string of the molecule is C=Cc1ccc(-n2c3ccccc3c3cc(N(c4ccccc4)c4ccc(N(c5ccccc5)c5ccc6c(c5)c5ccccc5n6-c5ccc(C=C)cc5)cc4)ccc32)cc1. The van der Waals surface area contributed by atoms with Gasteiger partial charge in [0.25, 0.3) is 0 Å². The van der Waals surface area contributed by atoms with Crippen LogP contribution in [0.1, 0.15) is 11.1 Å². The van der Waals surface area contributed by atoms with Gasteiger partial charge in [-0.05, 0) is 132 Å². The molecule has 11 aromatic rings.